The number of carbonyl (C=O) groups excluding carboxylic acids is 4. The van der Waals surface area contributed by atoms with Crippen LogP contribution in [0, 0.1) is 6.92 Å². The maximum atomic E-state index is 13.9. The average Bonchev–Trinajstić information content (AvgIpc) is 3.28. The number of guanidine groups is 1. The zero-order valence-corrected chi connectivity index (χ0v) is 25.1. The highest BCUT2D eigenvalue weighted by Crippen LogP contribution is 2.39. The van der Waals surface area contributed by atoms with Crippen LogP contribution in [-0.4, -0.2) is 63.9 Å². The molecule has 2 atom stereocenters. The largest absolute Gasteiger partial charge is 0.481 e. The normalized spacial score (nSPS) is 12.0. The molecule has 1 aromatic heterocycles. The Hall–Kier alpha value is -5.66. The summed E-state index contributed by atoms with van der Waals surface area (Å²) in [6.45, 7) is 3.19. The summed E-state index contributed by atoms with van der Waals surface area (Å²) < 4.78 is 1.79. The van der Waals surface area contributed by atoms with E-state index in [2.05, 4.69) is 20.9 Å². The van der Waals surface area contributed by atoms with Gasteiger partial charge in [-0.15, -0.1) is 0 Å². The van der Waals surface area contributed by atoms with Crippen molar-refractivity contribution in [3.63, 3.8) is 0 Å². The lowest BCUT2D eigenvalue weighted by molar-refractivity contribution is -0.137. The molecule has 0 spiro atoms. The number of para-hydroxylation sites is 1. The van der Waals surface area contributed by atoms with Crippen molar-refractivity contribution < 1.29 is 29.1 Å². The van der Waals surface area contributed by atoms with Crippen LogP contribution in [0.4, 0.5) is 5.69 Å². The van der Waals surface area contributed by atoms with Gasteiger partial charge in [-0.05, 0) is 38.3 Å². The van der Waals surface area contributed by atoms with Crippen molar-refractivity contribution in [1.29, 1.82) is 0 Å². The minimum atomic E-state index is -1.29. The number of hydrogen-bond acceptors (Lipinski definition) is 6. The predicted octanol–water partition coefficient (Wildman–Crippen LogP) is 1.40. The monoisotopic (exact) mass is 618 g/mol. The Bertz CT molecular complexity index is 1570. The third kappa shape index (κ3) is 9.16. The fourth-order valence-corrected chi connectivity index (χ4v) is 4.87. The fraction of sp³-hybridized carbons (Fsp3) is 0.290. The second-order valence-electron chi connectivity index (χ2n) is 10.3. The summed E-state index contributed by atoms with van der Waals surface area (Å²) in [5, 5.41) is 17.2. The molecule has 0 bridgehead atoms. The molecule has 10 N–H and O–H groups in total. The first-order valence-corrected chi connectivity index (χ1v) is 14.2. The Morgan fingerprint density at radius 1 is 0.889 bits per heavy atom. The molecule has 0 fully saturated rings. The Balaban J connectivity index is 2.19. The number of hydrogen-bond donors (Lipinski definition) is 7. The number of carbonyl (C=O) groups is 5. The number of rotatable bonds is 15. The zero-order chi connectivity index (χ0) is 33.1. The molecule has 2 aromatic carbocycles. The molecule has 14 nitrogen and oxygen atoms in total. The lowest BCUT2D eigenvalue weighted by Gasteiger charge is -2.19. The Morgan fingerprint density at radius 2 is 1.51 bits per heavy atom. The van der Waals surface area contributed by atoms with Gasteiger partial charge in [0.1, 0.15) is 12.1 Å². The Kier molecular flexibility index (Phi) is 11.8. The van der Waals surface area contributed by atoms with Crippen LogP contribution in [0.2, 0.25) is 0 Å². The van der Waals surface area contributed by atoms with Crippen molar-refractivity contribution in [3.8, 4) is 16.9 Å². The molecule has 1 heterocycles. The van der Waals surface area contributed by atoms with Gasteiger partial charge in [0, 0.05) is 36.8 Å². The van der Waals surface area contributed by atoms with Crippen LogP contribution in [0.3, 0.4) is 0 Å². The summed E-state index contributed by atoms with van der Waals surface area (Å²) in [6.07, 6.45) is -0.0950. The number of nitrogens with zero attached hydrogens (tertiary/aromatic N) is 2. The van der Waals surface area contributed by atoms with Crippen LogP contribution in [0.5, 0.6) is 0 Å². The van der Waals surface area contributed by atoms with Crippen molar-refractivity contribution in [2.24, 2.45) is 22.2 Å². The second-order valence-corrected chi connectivity index (χ2v) is 10.3. The molecule has 238 valence electrons. The maximum Gasteiger partial charge on any atom is 0.303 e. The summed E-state index contributed by atoms with van der Waals surface area (Å²) in [5.41, 5.74) is 18.6. The number of amides is 4. The lowest BCUT2D eigenvalue weighted by Crippen LogP contribution is -2.45. The van der Waals surface area contributed by atoms with Gasteiger partial charge in [0.05, 0.1) is 16.9 Å². The quantitative estimate of drug-likeness (QED) is 0.0744. The first-order chi connectivity index (χ1) is 21.4. The van der Waals surface area contributed by atoms with Gasteiger partial charge in [-0.3, -0.25) is 29.0 Å². The van der Waals surface area contributed by atoms with E-state index in [1.807, 2.05) is 48.5 Å². The van der Waals surface area contributed by atoms with Crippen LogP contribution in [-0.2, 0) is 19.2 Å². The second kappa shape index (κ2) is 15.7. The van der Waals surface area contributed by atoms with Gasteiger partial charge < -0.3 is 42.8 Å². The number of aliphatic carboxylic acids is 1. The molecule has 0 saturated heterocycles. The summed E-state index contributed by atoms with van der Waals surface area (Å²) in [5.74, 6) is -3.99. The van der Waals surface area contributed by atoms with Gasteiger partial charge in [0.25, 0.3) is 5.91 Å². The molecule has 3 rings (SSSR count). The first kappa shape index (κ1) is 33.8. The van der Waals surface area contributed by atoms with E-state index in [0.29, 0.717) is 29.1 Å². The summed E-state index contributed by atoms with van der Waals surface area (Å²) >= 11 is 0. The van der Waals surface area contributed by atoms with E-state index in [1.165, 1.54) is 6.92 Å². The minimum absolute atomic E-state index is 0.0229. The molecule has 0 aliphatic carbocycles. The van der Waals surface area contributed by atoms with Crippen molar-refractivity contribution in [2.75, 3.05) is 11.9 Å². The van der Waals surface area contributed by atoms with Gasteiger partial charge in [0.2, 0.25) is 17.7 Å². The van der Waals surface area contributed by atoms with E-state index in [1.54, 1.807) is 23.6 Å². The molecule has 3 aromatic rings. The fourth-order valence-electron chi connectivity index (χ4n) is 4.87. The number of aliphatic imine (C=N–C) groups is 1. The minimum Gasteiger partial charge on any atom is -0.481 e. The molecule has 45 heavy (non-hydrogen) atoms. The van der Waals surface area contributed by atoms with E-state index in [0.717, 1.165) is 0 Å². The molecule has 0 aliphatic heterocycles. The van der Waals surface area contributed by atoms with Crippen molar-refractivity contribution in [2.45, 2.75) is 51.6 Å². The van der Waals surface area contributed by atoms with Crippen LogP contribution < -0.4 is 33.2 Å². The number of carboxylic acids is 1. The smallest absolute Gasteiger partial charge is 0.303 e. The number of nitrogens with two attached hydrogens (primary N) is 3. The number of benzene rings is 2. The number of carboxylic acid groups (broad SMARTS) is 1. The van der Waals surface area contributed by atoms with Crippen LogP contribution in [0.25, 0.3) is 16.9 Å². The number of primary amides is 1. The third-order valence-electron chi connectivity index (χ3n) is 6.88. The molecule has 4 amide bonds. The van der Waals surface area contributed by atoms with E-state index in [9.17, 15) is 24.0 Å². The van der Waals surface area contributed by atoms with E-state index < -0.39 is 48.1 Å². The predicted molar refractivity (Wildman–Crippen MR) is 169 cm³/mol. The van der Waals surface area contributed by atoms with Gasteiger partial charge >= 0.3 is 5.97 Å². The molecule has 0 saturated carbocycles. The van der Waals surface area contributed by atoms with E-state index in [4.69, 9.17) is 22.3 Å². The molecule has 0 radical (unpaired) electrons. The maximum absolute atomic E-state index is 13.9. The van der Waals surface area contributed by atoms with Crippen LogP contribution in [0.1, 0.15) is 48.7 Å². The SMILES string of the molecule is CC(=O)NC(CCCN=C(N)N)C(=O)Nc1c(C(=O)NC(CCC(=O)O)C(N)=O)c(C)n(-c2ccccc2)c1-c1ccccc1. The van der Waals surface area contributed by atoms with Crippen molar-refractivity contribution in [1.82, 2.24) is 15.2 Å². The van der Waals surface area contributed by atoms with Crippen LogP contribution in [0.15, 0.2) is 65.7 Å². The van der Waals surface area contributed by atoms with Gasteiger partial charge in [-0.2, -0.15) is 0 Å². The molecule has 2 unspecified atom stereocenters. The standard InChI is InChI=1S/C31H38N8O6/c1-18-25(30(45)37-22(28(32)43)15-16-24(41)42)26(38-29(44)23(36-19(2)40)14-9-17-35-31(33)34)27(20-10-5-3-6-11-20)39(18)21-12-7-4-8-13-21/h3-8,10-13,22-23H,9,14-17H2,1-2H3,(H2,32,43)(H,36,40)(H,37,45)(H,38,44)(H,41,42)(H4,33,34,35). The third-order valence-corrected chi connectivity index (χ3v) is 6.88. The zero-order valence-electron chi connectivity index (χ0n) is 25.1. The highest BCUT2D eigenvalue weighted by atomic mass is 16.4. The average molecular weight is 619 g/mol. The van der Waals surface area contributed by atoms with Gasteiger partial charge in [-0.25, -0.2) is 0 Å². The molecule has 0 aliphatic rings. The summed E-state index contributed by atoms with van der Waals surface area (Å²) in [6, 6.07) is 15.9. The number of anilines is 1. The lowest BCUT2D eigenvalue weighted by atomic mass is 10.1. The highest BCUT2D eigenvalue weighted by molar-refractivity contribution is 6.11. The van der Waals surface area contributed by atoms with Crippen molar-refractivity contribution >= 4 is 41.2 Å². The molecular formula is C31H38N8O6. The Labute approximate surface area is 260 Å². The van der Waals surface area contributed by atoms with Crippen LogP contribution >= 0.6 is 0 Å². The summed E-state index contributed by atoms with van der Waals surface area (Å²) in [4.78, 5) is 67.1. The Morgan fingerprint density at radius 3 is 2.07 bits per heavy atom. The number of aromatic nitrogens is 1. The highest BCUT2D eigenvalue weighted by Gasteiger charge is 2.32. The summed E-state index contributed by atoms with van der Waals surface area (Å²) in [7, 11) is 0. The first-order valence-electron chi connectivity index (χ1n) is 14.2. The number of nitrogens with one attached hydrogen (secondary N) is 3. The van der Waals surface area contributed by atoms with Gasteiger partial charge in [0.15, 0.2) is 5.96 Å². The van der Waals surface area contributed by atoms with Gasteiger partial charge in [-0.1, -0.05) is 48.5 Å². The molecule has 14 heteroatoms. The van der Waals surface area contributed by atoms with E-state index in [-0.39, 0.29) is 36.6 Å². The van der Waals surface area contributed by atoms with E-state index >= 15 is 0 Å². The molecular weight excluding hydrogens is 580 g/mol. The topological polar surface area (TPSA) is 237 Å². The van der Waals surface area contributed by atoms with Crippen molar-refractivity contribution in [3.05, 3.63) is 71.9 Å².